The molecular weight excluding hydrogens is 425 g/mol. The number of hydrogen-bond donors (Lipinski definition) is 0. The Labute approximate surface area is 183 Å². The van der Waals surface area contributed by atoms with Gasteiger partial charge in [-0.25, -0.2) is 4.98 Å². The van der Waals surface area contributed by atoms with E-state index in [1.165, 1.54) is 22.9 Å². The summed E-state index contributed by atoms with van der Waals surface area (Å²) in [6, 6.07) is 10.1. The summed E-state index contributed by atoms with van der Waals surface area (Å²) in [6.07, 6.45) is -1.35. The highest BCUT2D eigenvalue weighted by Gasteiger charge is 2.30. The Balaban J connectivity index is 1.84. The van der Waals surface area contributed by atoms with E-state index in [9.17, 15) is 18.0 Å². The van der Waals surface area contributed by atoms with Gasteiger partial charge in [-0.1, -0.05) is 32.5 Å². The summed E-state index contributed by atoms with van der Waals surface area (Å²) in [5.74, 6) is 0.750. The van der Waals surface area contributed by atoms with Crippen LogP contribution in [0.3, 0.4) is 0 Å². The summed E-state index contributed by atoms with van der Waals surface area (Å²) in [4.78, 5) is 17.5. The normalized spacial score (nSPS) is 12.1. The Bertz CT molecular complexity index is 1120. The molecule has 0 saturated carbocycles. The molecule has 0 spiro atoms. The first kappa shape index (κ1) is 22.9. The van der Waals surface area contributed by atoms with Gasteiger partial charge in [0.25, 0.3) is 5.56 Å². The fourth-order valence-electron chi connectivity index (χ4n) is 2.73. The number of benzene rings is 2. The number of aromatic nitrogens is 2. The molecule has 0 aliphatic heterocycles. The van der Waals surface area contributed by atoms with E-state index in [1.807, 2.05) is 19.1 Å². The van der Waals surface area contributed by atoms with Gasteiger partial charge in [-0.05, 0) is 60.4 Å². The number of halogens is 3. The highest BCUT2D eigenvalue weighted by molar-refractivity contribution is 7.99. The van der Waals surface area contributed by atoms with E-state index in [1.54, 1.807) is 12.3 Å². The molecule has 0 aliphatic rings. The highest BCUT2D eigenvalue weighted by atomic mass is 32.2. The van der Waals surface area contributed by atoms with Crippen LogP contribution >= 0.6 is 11.8 Å². The zero-order chi connectivity index (χ0) is 22.8. The Morgan fingerprint density at radius 3 is 2.32 bits per heavy atom. The number of aryl methyl sites for hydroxylation is 1. The van der Waals surface area contributed by atoms with E-state index in [-0.39, 0.29) is 16.0 Å². The first-order valence-electron chi connectivity index (χ1n) is 9.61. The third-order valence-electron chi connectivity index (χ3n) is 4.30. The Morgan fingerprint density at radius 2 is 1.74 bits per heavy atom. The van der Waals surface area contributed by atoms with Gasteiger partial charge in [-0.15, -0.1) is 0 Å². The van der Waals surface area contributed by atoms with Crippen LogP contribution in [0.4, 0.5) is 13.2 Å². The van der Waals surface area contributed by atoms with Crippen molar-refractivity contribution in [2.75, 3.05) is 6.61 Å². The van der Waals surface area contributed by atoms with Crippen LogP contribution in [-0.2, 0) is 6.18 Å². The van der Waals surface area contributed by atoms with Gasteiger partial charge in [0.1, 0.15) is 5.75 Å². The summed E-state index contributed by atoms with van der Waals surface area (Å²) >= 11 is 1.02. The molecule has 0 fully saturated rings. The maximum Gasteiger partial charge on any atom is 0.416 e. The lowest BCUT2D eigenvalue weighted by molar-refractivity contribution is -0.137. The van der Waals surface area contributed by atoms with Crippen molar-refractivity contribution in [1.82, 2.24) is 9.55 Å². The summed E-state index contributed by atoms with van der Waals surface area (Å²) in [7, 11) is 0. The van der Waals surface area contributed by atoms with E-state index in [4.69, 9.17) is 4.74 Å². The minimum atomic E-state index is -4.40. The van der Waals surface area contributed by atoms with Gasteiger partial charge in [0.05, 0.1) is 12.2 Å². The first-order chi connectivity index (χ1) is 14.4. The van der Waals surface area contributed by atoms with Crippen molar-refractivity contribution in [2.24, 2.45) is 5.41 Å². The van der Waals surface area contributed by atoms with Crippen LogP contribution in [0.15, 0.2) is 69.6 Å². The first-order valence-corrected chi connectivity index (χ1v) is 10.4. The van der Waals surface area contributed by atoms with Crippen molar-refractivity contribution >= 4 is 11.8 Å². The molecule has 1 aromatic heterocycles. The molecule has 0 bridgehead atoms. The molecule has 0 N–H and O–H groups in total. The Kier molecular flexibility index (Phi) is 6.50. The molecular formula is C23H23F3N2O2S. The van der Waals surface area contributed by atoms with Crippen molar-refractivity contribution in [3.63, 3.8) is 0 Å². The second kappa shape index (κ2) is 8.78. The molecule has 0 atom stereocenters. The molecule has 2 aromatic carbocycles. The quantitative estimate of drug-likeness (QED) is 0.471. The smallest absolute Gasteiger partial charge is 0.416 e. The third-order valence-corrected chi connectivity index (χ3v) is 5.28. The van der Waals surface area contributed by atoms with Gasteiger partial charge in [0.2, 0.25) is 0 Å². The van der Waals surface area contributed by atoms with E-state index in [0.717, 1.165) is 35.2 Å². The van der Waals surface area contributed by atoms with Crippen LogP contribution in [0.5, 0.6) is 5.75 Å². The van der Waals surface area contributed by atoms with Crippen LogP contribution in [0.2, 0.25) is 0 Å². The van der Waals surface area contributed by atoms with Crippen molar-refractivity contribution < 1.29 is 17.9 Å². The maximum atomic E-state index is 12.9. The van der Waals surface area contributed by atoms with Crippen LogP contribution < -0.4 is 10.3 Å². The van der Waals surface area contributed by atoms with Gasteiger partial charge >= 0.3 is 6.18 Å². The monoisotopic (exact) mass is 448 g/mol. The molecule has 0 unspecified atom stereocenters. The number of ether oxygens (including phenoxy) is 1. The molecule has 0 amide bonds. The number of nitrogens with zero attached hydrogens (tertiary/aromatic N) is 2. The minimum Gasteiger partial charge on any atom is -0.493 e. The van der Waals surface area contributed by atoms with Gasteiger partial charge in [-0.2, -0.15) is 13.2 Å². The molecule has 3 rings (SSSR count). The molecule has 0 saturated heterocycles. The third kappa shape index (κ3) is 5.91. The fourth-order valence-corrected chi connectivity index (χ4v) is 3.52. The van der Waals surface area contributed by atoms with Crippen molar-refractivity contribution in [2.45, 2.75) is 43.8 Å². The lowest BCUT2D eigenvalue weighted by Gasteiger charge is -2.20. The Hall–Kier alpha value is -2.74. The highest BCUT2D eigenvalue weighted by Crippen LogP contribution is 2.32. The Morgan fingerprint density at radius 1 is 1.06 bits per heavy atom. The topological polar surface area (TPSA) is 44.1 Å². The second-order valence-electron chi connectivity index (χ2n) is 8.33. The predicted molar refractivity (Wildman–Crippen MR) is 115 cm³/mol. The average Bonchev–Trinajstić information content (AvgIpc) is 2.68. The van der Waals surface area contributed by atoms with Crippen LogP contribution in [0.1, 0.15) is 31.9 Å². The zero-order valence-electron chi connectivity index (χ0n) is 17.7. The van der Waals surface area contributed by atoms with Crippen LogP contribution in [0.25, 0.3) is 5.69 Å². The van der Waals surface area contributed by atoms with E-state index < -0.39 is 11.7 Å². The average molecular weight is 449 g/mol. The van der Waals surface area contributed by atoms with Crippen molar-refractivity contribution in [3.05, 3.63) is 76.3 Å². The van der Waals surface area contributed by atoms with Gasteiger partial charge in [0, 0.05) is 23.0 Å². The molecule has 0 aliphatic carbocycles. The molecule has 0 radical (unpaired) electrons. The SMILES string of the molecule is Cc1cc(-n2ccnc(Sc3ccc(C(F)(F)F)cc3)c2=O)ccc1OCC(C)(C)C. The molecule has 164 valence electrons. The maximum absolute atomic E-state index is 12.9. The van der Waals surface area contributed by atoms with Gasteiger partial charge in [0.15, 0.2) is 5.03 Å². The summed E-state index contributed by atoms with van der Waals surface area (Å²) in [5, 5.41) is 0.174. The lowest BCUT2D eigenvalue weighted by Crippen LogP contribution is -2.20. The van der Waals surface area contributed by atoms with E-state index in [0.29, 0.717) is 17.2 Å². The number of hydrogen-bond acceptors (Lipinski definition) is 4. The lowest BCUT2D eigenvalue weighted by atomic mass is 9.98. The molecule has 31 heavy (non-hydrogen) atoms. The predicted octanol–water partition coefficient (Wildman–Crippen LogP) is 6.14. The minimum absolute atomic E-state index is 0.0254. The van der Waals surface area contributed by atoms with Gasteiger partial charge in [-0.3, -0.25) is 9.36 Å². The van der Waals surface area contributed by atoms with Gasteiger partial charge < -0.3 is 4.74 Å². The number of alkyl halides is 3. The van der Waals surface area contributed by atoms with Crippen molar-refractivity contribution in [3.8, 4) is 11.4 Å². The van der Waals surface area contributed by atoms with E-state index >= 15 is 0 Å². The zero-order valence-corrected chi connectivity index (χ0v) is 18.5. The molecule has 8 heteroatoms. The second-order valence-corrected chi connectivity index (χ2v) is 9.39. The van der Waals surface area contributed by atoms with E-state index in [2.05, 4.69) is 25.8 Å². The standard InChI is InChI=1S/C23H23F3N2O2S/c1-15-13-17(7-10-19(15)30-14-22(2,3)4)28-12-11-27-20(21(28)29)31-18-8-5-16(6-9-18)23(24,25)26/h5-13H,14H2,1-4H3. The fraction of sp³-hybridized carbons (Fsp3) is 0.304. The molecule has 3 aromatic rings. The summed E-state index contributed by atoms with van der Waals surface area (Å²) in [5.41, 5.74) is 0.483. The van der Waals surface area contributed by atoms with Crippen molar-refractivity contribution in [1.29, 1.82) is 0 Å². The number of rotatable bonds is 5. The summed E-state index contributed by atoms with van der Waals surface area (Å²) in [6.45, 7) is 8.73. The van der Waals surface area contributed by atoms with Crippen LogP contribution in [-0.4, -0.2) is 16.2 Å². The summed E-state index contributed by atoms with van der Waals surface area (Å²) < 4.78 is 45.5. The molecule has 4 nitrogen and oxygen atoms in total. The molecule has 1 heterocycles. The largest absolute Gasteiger partial charge is 0.493 e. The van der Waals surface area contributed by atoms with Crippen LogP contribution in [0, 0.1) is 12.3 Å².